The van der Waals surface area contributed by atoms with Crippen LogP contribution < -0.4 is 5.32 Å². The van der Waals surface area contributed by atoms with Crippen LogP contribution in [0, 0.1) is 0 Å². The molecule has 1 aliphatic carbocycles. The van der Waals surface area contributed by atoms with Crippen molar-refractivity contribution in [2.75, 3.05) is 5.32 Å². The molecule has 0 saturated heterocycles. The highest BCUT2D eigenvalue weighted by Crippen LogP contribution is 2.26. The van der Waals surface area contributed by atoms with E-state index in [4.69, 9.17) is 0 Å². The van der Waals surface area contributed by atoms with E-state index >= 15 is 0 Å². The second kappa shape index (κ2) is 5.31. The highest BCUT2D eigenvalue weighted by atomic mass is 79.9. The van der Waals surface area contributed by atoms with Crippen molar-refractivity contribution in [3.8, 4) is 0 Å². The van der Waals surface area contributed by atoms with Gasteiger partial charge in [0.05, 0.1) is 0 Å². The van der Waals surface area contributed by atoms with E-state index in [0.717, 1.165) is 4.47 Å². The number of hydrogen-bond acceptors (Lipinski definition) is 1. The van der Waals surface area contributed by atoms with Gasteiger partial charge in [0.1, 0.15) is 0 Å². The van der Waals surface area contributed by atoms with E-state index in [2.05, 4.69) is 57.6 Å². The lowest BCUT2D eigenvalue weighted by molar-refractivity contribution is 0.463. The van der Waals surface area contributed by atoms with Crippen LogP contribution in [0.5, 0.6) is 0 Å². The SMILES string of the molecule is Brc1ccc2cc(NC3CCCCC3)ccc2c1. The number of halogens is 1. The summed E-state index contributed by atoms with van der Waals surface area (Å²) in [5.41, 5.74) is 1.26. The molecule has 3 rings (SSSR count). The third-order valence-electron chi connectivity index (χ3n) is 3.78. The molecule has 0 atom stereocenters. The minimum absolute atomic E-state index is 0.673. The first-order valence-corrected chi connectivity index (χ1v) is 7.56. The van der Waals surface area contributed by atoms with E-state index < -0.39 is 0 Å². The van der Waals surface area contributed by atoms with Crippen LogP contribution in [0.2, 0.25) is 0 Å². The van der Waals surface area contributed by atoms with Gasteiger partial charge in [0.2, 0.25) is 0 Å². The quantitative estimate of drug-likeness (QED) is 0.789. The lowest BCUT2D eigenvalue weighted by Crippen LogP contribution is -2.22. The van der Waals surface area contributed by atoms with Gasteiger partial charge in [-0.2, -0.15) is 0 Å². The molecular formula is C16H18BrN. The van der Waals surface area contributed by atoms with Crippen molar-refractivity contribution in [2.45, 2.75) is 38.1 Å². The zero-order chi connectivity index (χ0) is 12.4. The Morgan fingerprint density at radius 3 is 2.44 bits per heavy atom. The molecule has 1 saturated carbocycles. The van der Waals surface area contributed by atoms with Gasteiger partial charge in [0.15, 0.2) is 0 Å². The van der Waals surface area contributed by atoms with Crippen LogP contribution in [0.1, 0.15) is 32.1 Å². The van der Waals surface area contributed by atoms with E-state index in [-0.39, 0.29) is 0 Å². The zero-order valence-electron chi connectivity index (χ0n) is 10.5. The molecule has 18 heavy (non-hydrogen) atoms. The van der Waals surface area contributed by atoms with Crippen molar-refractivity contribution in [1.29, 1.82) is 0 Å². The molecule has 0 aliphatic heterocycles. The van der Waals surface area contributed by atoms with Gasteiger partial charge < -0.3 is 5.32 Å². The molecule has 1 N–H and O–H groups in total. The molecule has 1 fully saturated rings. The summed E-state index contributed by atoms with van der Waals surface area (Å²) in [5, 5.41) is 6.27. The zero-order valence-corrected chi connectivity index (χ0v) is 12.0. The van der Waals surface area contributed by atoms with Gasteiger partial charge in [-0.1, -0.05) is 47.3 Å². The second-order valence-electron chi connectivity index (χ2n) is 5.19. The molecular weight excluding hydrogens is 286 g/mol. The number of fused-ring (bicyclic) bond motifs is 1. The minimum Gasteiger partial charge on any atom is -0.382 e. The molecule has 0 spiro atoms. The maximum absolute atomic E-state index is 3.68. The Labute approximate surface area is 117 Å². The number of hydrogen-bond donors (Lipinski definition) is 1. The van der Waals surface area contributed by atoms with Gasteiger partial charge in [0, 0.05) is 16.2 Å². The largest absolute Gasteiger partial charge is 0.382 e. The summed E-state index contributed by atoms with van der Waals surface area (Å²) >= 11 is 3.51. The lowest BCUT2D eigenvalue weighted by atomic mass is 9.95. The summed E-state index contributed by atoms with van der Waals surface area (Å²) in [5.74, 6) is 0. The fraction of sp³-hybridized carbons (Fsp3) is 0.375. The summed E-state index contributed by atoms with van der Waals surface area (Å²) in [6, 6.07) is 13.8. The summed E-state index contributed by atoms with van der Waals surface area (Å²) < 4.78 is 1.14. The third kappa shape index (κ3) is 2.69. The van der Waals surface area contributed by atoms with Crippen LogP contribution in [-0.4, -0.2) is 6.04 Å². The molecule has 1 aliphatic rings. The summed E-state index contributed by atoms with van der Waals surface area (Å²) in [7, 11) is 0. The molecule has 0 heterocycles. The Morgan fingerprint density at radius 1 is 0.889 bits per heavy atom. The van der Waals surface area contributed by atoms with E-state index in [1.807, 2.05) is 0 Å². The summed E-state index contributed by atoms with van der Waals surface area (Å²) in [4.78, 5) is 0. The number of benzene rings is 2. The van der Waals surface area contributed by atoms with Crippen LogP contribution in [-0.2, 0) is 0 Å². The number of nitrogens with one attached hydrogen (secondary N) is 1. The van der Waals surface area contributed by atoms with E-state index in [1.54, 1.807) is 0 Å². The predicted octanol–water partition coefficient (Wildman–Crippen LogP) is 5.35. The molecule has 2 aromatic rings. The molecule has 0 unspecified atom stereocenters. The molecule has 0 radical (unpaired) electrons. The Balaban J connectivity index is 1.82. The number of rotatable bonds is 2. The summed E-state index contributed by atoms with van der Waals surface area (Å²) in [6.07, 6.45) is 6.79. The first-order valence-electron chi connectivity index (χ1n) is 6.77. The van der Waals surface area contributed by atoms with Gasteiger partial charge in [-0.05, 0) is 47.9 Å². The van der Waals surface area contributed by atoms with Crippen LogP contribution in [0.3, 0.4) is 0 Å². The maximum Gasteiger partial charge on any atom is 0.0348 e. The number of anilines is 1. The predicted molar refractivity (Wildman–Crippen MR) is 82.1 cm³/mol. The van der Waals surface area contributed by atoms with Gasteiger partial charge in [-0.15, -0.1) is 0 Å². The van der Waals surface area contributed by atoms with Crippen LogP contribution >= 0.6 is 15.9 Å². The van der Waals surface area contributed by atoms with Gasteiger partial charge in [0.25, 0.3) is 0 Å². The van der Waals surface area contributed by atoms with E-state index in [0.29, 0.717) is 6.04 Å². The van der Waals surface area contributed by atoms with Gasteiger partial charge >= 0.3 is 0 Å². The van der Waals surface area contributed by atoms with Crippen molar-refractivity contribution in [2.24, 2.45) is 0 Å². The van der Waals surface area contributed by atoms with Gasteiger partial charge in [-0.3, -0.25) is 0 Å². The Bertz CT molecular complexity index is 544. The minimum atomic E-state index is 0.673. The molecule has 1 nitrogen and oxygen atoms in total. The first-order chi connectivity index (χ1) is 8.81. The molecule has 0 bridgehead atoms. The Hall–Kier alpha value is -1.02. The second-order valence-corrected chi connectivity index (χ2v) is 6.10. The van der Waals surface area contributed by atoms with Crippen LogP contribution in [0.15, 0.2) is 40.9 Å². The topological polar surface area (TPSA) is 12.0 Å². The molecule has 0 amide bonds. The molecule has 2 heteroatoms. The molecule has 0 aromatic heterocycles. The fourth-order valence-electron chi connectivity index (χ4n) is 2.79. The average molecular weight is 304 g/mol. The fourth-order valence-corrected chi connectivity index (χ4v) is 3.17. The van der Waals surface area contributed by atoms with Crippen molar-refractivity contribution < 1.29 is 0 Å². The Morgan fingerprint density at radius 2 is 1.61 bits per heavy atom. The summed E-state index contributed by atoms with van der Waals surface area (Å²) in [6.45, 7) is 0. The average Bonchev–Trinajstić information content (AvgIpc) is 2.40. The van der Waals surface area contributed by atoms with Crippen LogP contribution in [0.25, 0.3) is 10.8 Å². The smallest absolute Gasteiger partial charge is 0.0348 e. The molecule has 2 aromatic carbocycles. The van der Waals surface area contributed by atoms with Crippen molar-refractivity contribution in [3.63, 3.8) is 0 Å². The highest BCUT2D eigenvalue weighted by Gasteiger charge is 2.12. The normalized spacial score (nSPS) is 16.9. The van der Waals surface area contributed by atoms with Crippen molar-refractivity contribution in [3.05, 3.63) is 40.9 Å². The maximum atomic E-state index is 3.68. The monoisotopic (exact) mass is 303 g/mol. The van der Waals surface area contributed by atoms with Crippen molar-refractivity contribution >= 4 is 32.4 Å². The Kier molecular flexibility index (Phi) is 3.55. The highest BCUT2D eigenvalue weighted by molar-refractivity contribution is 9.10. The molecule has 94 valence electrons. The van der Waals surface area contributed by atoms with Gasteiger partial charge in [-0.25, -0.2) is 0 Å². The van der Waals surface area contributed by atoms with Crippen LogP contribution in [0.4, 0.5) is 5.69 Å². The van der Waals surface area contributed by atoms with E-state index in [1.165, 1.54) is 48.6 Å². The van der Waals surface area contributed by atoms with E-state index in [9.17, 15) is 0 Å². The first kappa shape index (κ1) is 12.0. The standard InChI is InChI=1S/C16H18BrN/c17-14-8-6-13-11-16(9-7-12(13)10-14)18-15-4-2-1-3-5-15/h6-11,15,18H,1-5H2. The lowest BCUT2D eigenvalue weighted by Gasteiger charge is -2.24. The third-order valence-corrected chi connectivity index (χ3v) is 4.27. The van der Waals surface area contributed by atoms with Crippen molar-refractivity contribution in [1.82, 2.24) is 0 Å².